The standard InChI is InChI=1S/C22H27N3O2S/c1-16(2)13-14-24(19-10-11-19)21(27)12-9-18-15-28-22(23-18)25(17(3)26)20-7-5-4-6-8-20/h4-9,12,15-16,19H,10-11,13-14H2,1-3H3/b12-9+. The Kier molecular flexibility index (Phi) is 6.62. The molecule has 2 amide bonds. The number of hydrogen-bond acceptors (Lipinski definition) is 4. The van der Waals surface area contributed by atoms with Crippen molar-refractivity contribution < 1.29 is 9.59 Å². The smallest absolute Gasteiger partial charge is 0.246 e. The lowest BCUT2D eigenvalue weighted by molar-refractivity contribution is -0.126. The van der Waals surface area contributed by atoms with E-state index in [2.05, 4.69) is 18.8 Å². The molecule has 1 aliphatic rings. The molecule has 0 bridgehead atoms. The molecule has 2 aromatic rings. The van der Waals surface area contributed by atoms with Gasteiger partial charge in [0.1, 0.15) is 0 Å². The second-order valence-corrected chi connectivity index (χ2v) is 8.36. The van der Waals surface area contributed by atoms with E-state index in [1.807, 2.05) is 40.6 Å². The van der Waals surface area contributed by atoms with Gasteiger partial charge in [0.25, 0.3) is 0 Å². The number of aromatic nitrogens is 1. The molecule has 1 fully saturated rings. The lowest BCUT2D eigenvalue weighted by Crippen LogP contribution is -2.33. The first-order valence-corrected chi connectivity index (χ1v) is 10.6. The number of para-hydroxylation sites is 1. The minimum absolute atomic E-state index is 0.0455. The van der Waals surface area contributed by atoms with Gasteiger partial charge in [-0.3, -0.25) is 14.5 Å². The molecule has 3 rings (SSSR count). The first-order chi connectivity index (χ1) is 13.5. The van der Waals surface area contributed by atoms with Crippen LogP contribution in [-0.4, -0.2) is 34.3 Å². The van der Waals surface area contributed by atoms with Crippen LogP contribution >= 0.6 is 11.3 Å². The molecule has 0 N–H and O–H groups in total. The Labute approximate surface area is 170 Å². The number of thiazole rings is 1. The van der Waals surface area contributed by atoms with E-state index in [4.69, 9.17) is 0 Å². The maximum absolute atomic E-state index is 12.6. The zero-order valence-corrected chi connectivity index (χ0v) is 17.5. The minimum Gasteiger partial charge on any atom is -0.336 e. The molecule has 5 nitrogen and oxygen atoms in total. The highest BCUT2D eigenvalue weighted by Crippen LogP contribution is 2.30. The van der Waals surface area contributed by atoms with Crippen molar-refractivity contribution in [2.45, 2.75) is 46.1 Å². The summed E-state index contributed by atoms with van der Waals surface area (Å²) in [6, 6.07) is 9.85. The number of benzene rings is 1. The second kappa shape index (κ2) is 9.15. The molecule has 1 aromatic carbocycles. The van der Waals surface area contributed by atoms with Crippen LogP contribution in [0.4, 0.5) is 10.8 Å². The highest BCUT2D eigenvalue weighted by molar-refractivity contribution is 7.14. The number of anilines is 2. The first-order valence-electron chi connectivity index (χ1n) is 9.75. The van der Waals surface area contributed by atoms with E-state index >= 15 is 0 Å². The molecular formula is C22H27N3O2S. The third kappa shape index (κ3) is 5.29. The van der Waals surface area contributed by atoms with Crippen LogP contribution in [0.1, 0.15) is 45.7 Å². The number of rotatable bonds is 8. The van der Waals surface area contributed by atoms with E-state index in [9.17, 15) is 9.59 Å². The zero-order chi connectivity index (χ0) is 20.1. The summed E-state index contributed by atoms with van der Waals surface area (Å²) >= 11 is 1.39. The molecule has 0 saturated heterocycles. The normalized spacial score (nSPS) is 13.9. The van der Waals surface area contributed by atoms with Gasteiger partial charge in [-0.2, -0.15) is 0 Å². The van der Waals surface area contributed by atoms with E-state index < -0.39 is 0 Å². The summed E-state index contributed by atoms with van der Waals surface area (Å²) in [6.45, 7) is 6.68. The van der Waals surface area contributed by atoms with E-state index in [1.54, 1.807) is 17.1 Å². The summed E-state index contributed by atoms with van der Waals surface area (Å²) < 4.78 is 0. The van der Waals surface area contributed by atoms with Crippen molar-refractivity contribution in [3.8, 4) is 0 Å². The van der Waals surface area contributed by atoms with Gasteiger partial charge in [-0.05, 0) is 43.4 Å². The van der Waals surface area contributed by atoms with E-state index in [-0.39, 0.29) is 11.8 Å². The molecule has 0 spiro atoms. The summed E-state index contributed by atoms with van der Waals surface area (Å²) in [4.78, 5) is 32.9. The van der Waals surface area contributed by atoms with Crippen molar-refractivity contribution in [2.75, 3.05) is 11.4 Å². The lowest BCUT2D eigenvalue weighted by Gasteiger charge is -2.21. The van der Waals surface area contributed by atoms with Gasteiger partial charge in [0.15, 0.2) is 5.13 Å². The van der Waals surface area contributed by atoms with Crippen LogP contribution in [0.5, 0.6) is 0 Å². The molecule has 148 valence electrons. The van der Waals surface area contributed by atoms with Gasteiger partial charge in [0, 0.05) is 31.0 Å². The SMILES string of the molecule is CC(=O)N(c1ccccc1)c1nc(/C=C/C(=O)N(CCC(C)C)C2CC2)cs1. The van der Waals surface area contributed by atoms with Crippen LogP contribution in [0.25, 0.3) is 6.08 Å². The van der Waals surface area contributed by atoms with Crippen molar-refractivity contribution in [3.05, 3.63) is 47.5 Å². The van der Waals surface area contributed by atoms with Crippen molar-refractivity contribution in [1.82, 2.24) is 9.88 Å². The Morgan fingerprint density at radius 2 is 1.96 bits per heavy atom. The molecule has 1 aromatic heterocycles. The maximum Gasteiger partial charge on any atom is 0.246 e. The number of hydrogen-bond donors (Lipinski definition) is 0. The van der Waals surface area contributed by atoms with Crippen LogP contribution < -0.4 is 4.90 Å². The Bertz CT molecular complexity index is 840. The number of carbonyl (C=O) groups excluding carboxylic acids is 2. The molecule has 0 aliphatic heterocycles. The summed E-state index contributed by atoms with van der Waals surface area (Å²) in [7, 11) is 0. The van der Waals surface area contributed by atoms with Crippen molar-refractivity contribution in [3.63, 3.8) is 0 Å². The molecule has 1 aliphatic carbocycles. The number of carbonyl (C=O) groups is 2. The van der Waals surface area contributed by atoms with Crippen molar-refractivity contribution in [2.24, 2.45) is 5.92 Å². The molecule has 28 heavy (non-hydrogen) atoms. The van der Waals surface area contributed by atoms with Gasteiger partial charge in [0.2, 0.25) is 11.8 Å². The Morgan fingerprint density at radius 1 is 1.25 bits per heavy atom. The van der Waals surface area contributed by atoms with Gasteiger partial charge in [-0.15, -0.1) is 11.3 Å². The summed E-state index contributed by atoms with van der Waals surface area (Å²) in [5.41, 5.74) is 1.47. The third-order valence-corrected chi connectivity index (χ3v) is 5.49. The molecule has 6 heteroatoms. The minimum atomic E-state index is -0.0965. The van der Waals surface area contributed by atoms with Gasteiger partial charge in [-0.25, -0.2) is 4.98 Å². The second-order valence-electron chi connectivity index (χ2n) is 7.52. The van der Waals surface area contributed by atoms with Crippen LogP contribution in [0, 0.1) is 5.92 Å². The van der Waals surface area contributed by atoms with Crippen LogP contribution in [0.3, 0.4) is 0 Å². The van der Waals surface area contributed by atoms with E-state index in [0.717, 1.165) is 31.5 Å². The van der Waals surface area contributed by atoms with Gasteiger partial charge in [-0.1, -0.05) is 32.0 Å². The van der Waals surface area contributed by atoms with E-state index in [1.165, 1.54) is 18.3 Å². The monoisotopic (exact) mass is 397 g/mol. The molecule has 0 unspecified atom stereocenters. The first kappa shape index (κ1) is 20.3. The number of amides is 2. The van der Waals surface area contributed by atoms with Crippen LogP contribution in [0.15, 0.2) is 41.8 Å². The average molecular weight is 398 g/mol. The third-order valence-electron chi connectivity index (χ3n) is 4.65. The molecule has 0 radical (unpaired) electrons. The fraction of sp³-hybridized carbons (Fsp3) is 0.409. The summed E-state index contributed by atoms with van der Waals surface area (Å²) in [6.07, 6.45) is 6.57. The fourth-order valence-corrected chi connectivity index (χ4v) is 3.82. The van der Waals surface area contributed by atoms with Crippen molar-refractivity contribution in [1.29, 1.82) is 0 Å². The predicted molar refractivity (Wildman–Crippen MR) is 115 cm³/mol. The van der Waals surface area contributed by atoms with Crippen LogP contribution in [-0.2, 0) is 9.59 Å². The Balaban J connectivity index is 1.70. The molecule has 1 saturated carbocycles. The molecule has 1 heterocycles. The quantitative estimate of drug-likeness (QED) is 0.597. The summed E-state index contributed by atoms with van der Waals surface area (Å²) in [5, 5.41) is 2.47. The predicted octanol–water partition coefficient (Wildman–Crippen LogP) is 4.88. The maximum atomic E-state index is 12.6. The molecule has 0 atom stereocenters. The largest absolute Gasteiger partial charge is 0.336 e. The average Bonchev–Trinajstić information content (AvgIpc) is 3.39. The Hall–Kier alpha value is -2.47. The Morgan fingerprint density at radius 3 is 2.57 bits per heavy atom. The van der Waals surface area contributed by atoms with Gasteiger partial charge >= 0.3 is 0 Å². The van der Waals surface area contributed by atoms with Gasteiger partial charge < -0.3 is 4.90 Å². The highest BCUT2D eigenvalue weighted by atomic mass is 32.1. The number of nitrogens with zero attached hydrogens (tertiary/aromatic N) is 3. The summed E-state index contributed by atoms with van der Waals surface area (Å²) in [5.74, 6) is 0.527. The highest BCUT2D eigenvalue weighted by Gasteiger charge is 2.31. The lowest BCUT2D eigenvalue weighted by atomic mass is 10.1. The van der Waals surface area contributed by atoms with E-state index in [0.29, 0.717) is 22.8 Å². The molecular weight excluding hydrogens is 370 g/mol. The zero-order valence-electron chi connectivity index (χ0n) is 16.7. The fourth-order valence-electron chi connectivity index (χ4n) is 2.97. The van der Waals surface area contributed by atoms with Crippen LogP contribution in [0.2, 0.25) is 0 Å². The van der Waals surface area contributed by atoms with Crippen molar-refractivity contribution >= 4 is 40.0 Å². The topological polar surface area (TPSA) is 53.5 Å². The van der Waals surface area contributed by atoms with Gasteiger partial charge in [0.05, 0.1) is 11.4 Å².